The van der Waals surface area contributed by atoms with Crippen LogP contribution in [-0.4, -0.2) is 70.0 Å². The van der Waals surface area contributed by atoms with Gasteiger partial charge in [0.2, 0.25) is 0 Å². The van der Waals surface area contributed by atoms with Crippen molar-refractivity contribution >= 4 is 19.8 Å². The first-order valence-corrected chi connectivity index (χ1v) is 37.0. The number of phosphoric acid groups is 1. The number of phosphoric ester groups is 1. The molecule has 0 N–H and O–H groups in total. The fourth-order valence-electron chi connectivity index (χ4n) is 9.49. The third kappa shape index (κ3) is 71.0. The van der Waals surface area contributed by atoms with Gasteiger partial charge in [0.25, 0.3) is 7.82 Å². The number of nitrogens with zero attached hydrogens (tertiary/aromatic N) is 1. The lowest BCUT2D eigenvalue weighted by atomic mass is 10.0. The number of unbranched alkanes of at least 4 members (excludes halogenated alkanes) is 26. The summed E-state index contributed by atoms with van der Waals surface area (Å²) in [5, 5.41) is 0. The Morgan fingerprint density at radius 1 is 0.352 bits per heavy atom. The van der Waals surface area contributed by atoms with Crippen LogP contribution in [0.25, 0.3) is 0 Å². The smallest absolute Gasteiger partial charge is 0.306 e. The zero-order chi connectivity index (χ0) is 64.1. The second kappa shape index (κ2) is 67.3. The quantitative estimate of drug-likeness (QED) is 0.0195. The molecule has 0 fully saturated rings. The average molecular weight is 1240 g/mol. The highest BCUT2D eigenvalue weighted by Gasteiger charge is 2.22. The summed E-state index contributed by atoms with van der Waals surface area (Å²) in [6, 6.07) is 0. The maximum atomic E-state index is 12.9. The molecule has 88 heavy (non-hydrogen) atoms. The lowest BCUT2D eigenvalue weighted by molar-refractivity contribution is -0.870. The van der Waals surface area contributed by atoms with Crippen LogP contribution in [0.1, 0.15) is 284 Å². The summed E-state index contributed by atoms with van der Waals surface area (Å²) < 4.78 is 34.3. The first-order valence-electron chi connectivity index (χ1n) is 35.5. The van der Waals surface area contributed by atoms with E-state index in [2.05, 4.69) is 160 Å². The summed E-state index contributed by atoms with van der Waals surface area (Å²) in [5.41, 5.74) is 0. The standard InChI is InChI=1S/C78H132NO8P/c1-6-8-10-12-14-16-18-20-22-24-26-28-30-32-34-35-36-37-38-39-40-41-42-43-45-47-49-51-53-55-57-59-61-63-65-67-69-71-78(81)87-76(75-86-88(82,83)85-73-72-79(3,4)5)74-84-77(80)70-68-66-64-62-60-58-56-54-52-50-48-46-44-33-31-29-27-25-23-21-19-17-15-13-11-9-7-2/h8-11,14-17,20-23,26-29,32-34,36-37,44,48,50,76H,6-7,12-13,18-19,24-25,30-31,35,38-43,45-47,49,51-75H2,1-5H3/b10-8-,11-9-,16-14-,17-15-,22-20-,23-21-,28-26-,29-27-,34-32-,37-36-,44-33-,50-48-. The van der Waals surface area contributed by atoms with Crippen LogP contribution < -0.4 is 4.89 Å². The molecule has 502 valence electrons. The first-order chi connectivity index (χ1) is 43.0. The van der Waals surface area contributed by atoms with Crippen molar-refractivity contribution < 1.29 is 42.1 Å². The van der Waals surface area contributed by atoms with Gasteiger partial charge in [0.05, 0.1) is 27.7 Å². The van der Waals surface area contributed by atoms with E-state index in [1.165, 1.54) is 122 Å². The highest BCUT2D eigenvalue weighted by atomic mass is 31.2. The molecule has 0 aromatic heterocycles. The van der Waals surface area contributed by atoms with Crippen molar-refractivity contribution in [2.24, 2.45) is 0 Å². The molecular weight excluding hydrogens is 1110 g/mol. The van der Waals surface area contributed by atoms with Crippen molar-refractivity contribution in [3.8, 4) is 0 Å². The summed E-state index contributed by atoms with van der Waals surface area (Å²) in [7, 11) is 1.15. The molecule has 0 amide bonds. The number of carbonyl (C=O) groups is 2. The van der Waals surface area contributed by atoms with Gasteiger partial charge in [-0.3, -0.25) is 14.2 Å². The van der Waals surface area contributed by atoms with E-state index in [0.717, 1.165) is 122 Å². The molecule has 0 saturated carbocycles. The normalized spacial score (nSPS) is 14.0. The van der Waals surface area contributed by atoms with Gasteiger partial charge in [-0.15, -0.1) is 0 Å². The summed E-state index contributed by atoms with van der Waals surface area (Å²) in [5.74, 6) is -0.843. The summed E-state index contributed by atoms with van der Waals surface area (Å²) in [6.45, 7) is 4.01. The van der Waals surface area contributed by atoms with Gasteiger partial charge in [-0.05, 0) is 116 Å². The van der Waals surface area contributed by atoms with E-state index in [4.69, 9.17) is 18.5 Å². The van der Waals surface area contributed by atoms with E-state index in [1.54, 1.807) is 0 Å². The molecule has 0 aromatic carbocycles. The Kier molecular flexibility index (Phi) is 64.1. The molecule has 0 aliphatic rings. The third-order valence-corrected chi connectivity index (χ3v) is 15.8. The molecule has 0 heterocycles. The van der Waals surface area contributed by atoms with Crippen LogP contribution in [0.4, 0.5) is 0 Å². The molecule has 0 rings (SSSR count). The molecule has 0 saturated heterocycles. The molecule has 0 aliphatic heterocycles. The number of allylic oxidation sites excluding steroid dienone is 24. The van der Waals surface area contributed by atoms with Crippen molar-refractivity contribution in [1.29, 1.82) is 0 Å². The monoisotopic (exact) mass is 1240 g/mol. The molecule has 10 heteroatoms. The Bertz CT molecular complexity index is 2000. The first kappa shape index (κ1) is 83.9. The Balaban J connectivity index is 4.06. The largest absolute Gasteiger partial charge is 0.756 e. The Hall–Kier alpha value is -4.11. The molecule has 0 radical (unpaired) electrons. The number of hydrogen-bond acceptors (Lipinski definition) is 8. The Morgan fingerprint density at radius 3 is 0.909 bits per heavy atom. The van der Waals surface area contributed by atoms with Crippen molar-refractivity contribution in [3.05, 3.63) is 146 Å². The minimum atomic E-state index is -4.65. The van der Waals surface area contributed by atoms with E-state index < -0.39 is 32.5 Å². The topological polar surface area (TPSA) is 111 Å². The summed E-state index contributed by atoms with van der Waals surface area (Å²) in [6.07, 6.45) is 99.2. The molecule has 0 bridgehead atoms. The minimum absolute atomic E-state index is 0.0378. The van der Waals surface area contributed by atoms with Crippen molar-refractivity contribution in [2.75, 3.05) is 47.5 Å². The molecule has 2 unspecified atom stereocenters. The molecule has 0 aliphatic carbocycles. The Morgan fingerprint density at radius 2 is 0.614 bits per heavy atom. The van der Waals surface area contributed by atoms with Crippen LogP contribution in [0.15, 0.2) is 146 Å². The average Bonchev–Trinajstić information content (AvgIpc) is 3.68. The predicted molar refractivity (Wildman–Crippen MR) is 378 cm³/mol. The van der Waals surface area contributed by atoms with E-state index in [0.29, 0.717) is 23.9 Å². The van der Waals surface area contributed by atoms with Crippen LogP contribution >= 0.6 is 7.82 Å². The van der Waals surface area contributed by atoms with E-state index >= 15 is 0 Å². The number of carbonyl (C=O) groups excluding carboxylic acids is 2. The van der Waals surface area contributed by atoms with Crippen molar-refractivity contribution in [3.63, 3.8) is 0 Å². The molecular formula is C78H132NO8P. The number of ether oxygens (including phenoxy) is 2. The van der Waals surface area contributed by atoms with Crippen molar-refractivity contribution in [2.45, 2.75) is 290 Å². The summed E-state index contributed by atoms with van der Waals surface area (Å²) >= 11 is 0. The van der Waals surface area contributed by atoms with Crippen molar-refractivity contribution in [1.82, 2.24) is 0 Å². The van der Waals surface area contributed by atoms with Gasteiger partial charge in [-0.1, -0.05) is 301 Å². The van der Waals surface area contributed by atoms with Crippen LogP contribution in [0.3, 0.4) is 0 Å². The number of esters is 2. The fourth-order valence-corrected chi connectivity index (χ4v) is 10.2. The highest BCUT2D eigenvalue weighted by Crippen LogP contribution is 2.38. The Labute approximate surface area is 542 Å². The van der Waals surface area contributed by atoms with Gasteiger partial charge in [0, 0.05) is 12.8 Å². The molecule has 0 aromatic rings. The van der Waals surface area contributed by atoms with E-state index in [-0.39, 0.29) is 26.1 Å². The summed E-state index contributed by atoms with van der Waals surface area (Å²) in [4.78, 5) is 38.1. The second-order valence-corrected chi connectivity index (χ2v) is 25.9. The molecule has 2 atom stereocenters. The van der Waals surface area contributed by atoms with Gasteiger partial charge in [0.15, 0.2) is 6.10 Å². The highest BCUT2D eigenvalue weighted by molar-refractivity contribution is 7.45. The maximum absolute atomic E-state index is 12.9. The zero-order valence-electron chi connectivity index (χ0n) is 57.1. The molecule has 0 spiro atoms. The second-order valence-electron chi connectivity index (χ2n) is 24.5. The van der Waals surface area contributed by atoms with E-state index in [9.17, 15) is 19.0 Å². The fraction of sp³-hybridized carbons (Fsp3) is 0.667. The maximum Gasteiger partial charge on any atom is 0.306 e. The van der Waals surface area contributed by atoms with E-state index in [1.807, 2.05) is 21.1 Å². The van der Waals surface area contributed by atoms with Crippen LogP contribution in [0, 0.1) is 0 Å². The lowest BCUT2D eigenvalue weighted by Crippen LogP contribution is -2.37. The van der Waals surface area contributed by atoms with Gasteiger partial charge in [0.1, 0.15) is 19.8 Å². The van der Waals surface area contributed by atoms with Gasteiger partial charge < -0.3 is 27.9 Å². The zero-order valence-corrected chi connectivity index (χ0v) is 58.0. The SMILES string of the molecule is CC/C=C\C/C=C\C/C=C\C/C=C\C/C=C\C/C=C\CCCCCCCCCCCCCCCCCCCCC(=O)OC(COC(=O)CCCCCCCCCC/C=C\C/C=C\C/C=C\C/C=C\C/C=C\C/C=C\CC)COP(=O)([O-])OCC[N+](C)(C)C. The lowest BCUT2D eigenvalue weighted by Gasteiger charge is -2.28. The van der Waals surface area contributed by atoms with Gasteiger partial charge >= 0.3 is 11.9 Å². The number of hydrogen-bond donors (Lipinski definition) is 0. The minimum Gasteiger partial charge on any atom is -0.756 e. The number of quaternary nitrogens is 1. The van der Waals surface area contributed by atoms with Gasteiger partial charge in [-0.2, -0.15) is 0 Å². The number of likely N-dealkylation sites (N-methyl/N-ethyl adjacent to an activating group) is 1. The number of rotatable bonds is 64. The van der Waals surface area contributed by atoms with Crippen LogP contribution in [0.5, 0.6) is 0 Å². The van der Waals surface area contributed by atoms with Gasteiger partial charge in [-0.25, -0.2) is 0 Å². The third-order valence-electron chi connectivity index (χ3n) is 14.9. The van der Waals surface area contributed by atoms with Crippen LogP contribution in [-0.2, 0) is 32.7 Å². The van der Waals surface area contributed by atoms with Crippen LogP contribution in [0.2, 0.25) is 0 Å². The predicted octanol–water partition coefficient (Wildman–Crippen LogP) is 22.7. The molecule has 9 nitrogen and oxygen atoms in total.